The van der Waals surface area contributed by atoms with Crippen LogP contribution in [0.25, 0.3) is 21.9 Å². The zero-order chi connectivity index (χ0) is 15.1. The molecule has 0 amide bonds. The first-order valence-corrected chi connectivity index (χ1v) is 6.10. The van der Waals surface area contributed by atoms with E-state index < -0.39 is 5.75 Å². The zero-order valence-electron chi connectivity index (χ0n) is 11.3. The number of aromatic hydroxyl groups is 2. The molecule has 1 heterocycles. The van der Waals surface area contributed by atoms with Crippen molar-refractivity contribution in [3.63, 3.8) is 0 Å². The molecule has 0 spiro atoms. The number of hydrogen-bond acceptors (Lipinski definition) is 6. The highest BCUT2D eigenvalue weighted by atomic mass is 16.5. The van der Waals surface area contributed by atoms with Crippen molar-refractivity contribution in [1.82, 2.24) is 0 Å². The Morgan fingerprint density at radius 1 is 1.00 bits per heavy atom. The molecule has 0 atom stereocenters. The van der Waals surface area contributed by atoms with Gasteiger partial charge in [-0.25, -0.2) is 0 Å². The van der Waals surface area contributed by atoms with Crippen molar-refractivity contribution < 1.29 is 24.1 Å². The number of phenols is 2. The van der Waals surface area contributed by atoms with Crippen molar-refractivity contribution in [3.05, 3.63) is 34.5 Å². The minimum Gasteiger partial charge on any atom is -0.504 e. The largest absolute Gasteiger partial charge is 0.504 e. The summed E-state index contributed by atoms with van der Waals surface area (Å²) in [7, 11) is 2.91. The third-order valence-electron chi connectivity index (χ3n) is 3.29. The van der Waals surface area contributed by atoms with E-state index in [0.717, 1.165) is 0 Å². The Kier molecular flexibility index (Phi) is 2.86. The summed E-state index contributed by atoms with van der Waals surface area (Å²) in [5.74, 6) is -0.0954. The van der Waals surface area contributed by atoms with E-state index in [4.69, 9.17) is 13.9 Å². The molecule has 0 radical (unpaired) electrons. The Morgan fingerprint density at radius 3 is 2.43 bits per heavy atom. The molecule has 1 aromatic heterocycles. The Morgan fingerprint density at radius 2 is 1.76 bits per heavy atom. The van der Waals surface area contributed by atoms with Crippen molar-refractivity contribution in [2.45, 2.75) is 0 Å². The number of fused-ring (bicyclic) bond motifs is 2. The Balaban J connectivity index is 2.56. The maximum atomic E-state index is 12.5. The van der Waals surface area contributed by atoms with Crippen LogP contribution < -0.4 is 14.9 Å². The van der Waals surface area contributed by atoms with Crippen molar-refractivity contribution in [2.75, 3.05) is 14.2 Å². The molecule has 0 saturated heterocycles. The average molecular weight is 288 g/mol. The molecule has 0 aliphatic rings. The van der Waals surface area contributed by atoms with Gasteiger partial charge in [0.2, 0.25) is 11.2 Å². The lowest BCUT2D eigenvalue weighted by Crippen LogP contribution is -2.03. The molecule has 6 heteroatoms. The summed E-state index contributed by atoms with van der Waals surface area (Å²) in [5.41, 5.74) is -0.258. The number of methoxy groups -OCH3 is 2. The standard InChI is InChI=1S/C15H12O6/c1-19-7-5-9-12(17)8-3-4-10(16)13(18)15(8)21-14(9)11(6-7)20-2/h3-6,16,18H,1-2H3. The second kappa shape index (κ2) is 4.59. The molecule has 108 valence electrons. The van der Waals surface area contributed by atoms with E-state index in [9.17, 15) is 15.0 Å². The van der Waals surface area contributed by atoms with Gasteiger partial charge in [-0.05, 0) is 18.2 Å². The van der Waals surface area contributed by atoms with E-state index in [1.807, 2.05) is 0 Å². The molecule has 0 saturated carbocycles. The smallest absolute Gasteiger partial charge is 0.201 e. The van der Waals surface area contributed by atoms with E-state index in [2.05, 4.69) is 0 Å². The molecule has 0 unspecified atom stereocenters. The van der Waals surface area contributed by atoms with Crippen LogP contribution in [0, 0.1) is 0 Å². The molecule has 0 bridgehead atoms. The van der Waals surface area contributed by atoms with Crippen molar-refractivity contribution in [2.24, 2.45) is 0 Å². The first kappa shape index (κ1) is 13.1. The van der Waals surface area contributed by atoms with Gasteiger partial charge < -0.3 is 24.1 Å². The molecule has 0 aliphatic carbocycles. The summed E-state index contributed by atoms with van der Waals surface area (Å²) in [5, 5.41) is 19.8. The van der Waals surface area contributed by atoms with E-state index >= 15 is 0 Å². The Hall–Kier alpha value is -2.89. The second-order valence-electron chi connectivity index (χ2n) is 4.45. The van der Waals surface area contributed by atoms with Gasteiger partial charge in [-0.15, -0.1) is 0 Å². The van der Waals surface area contributed by atoms with Crippen LogP contribution in [0.3, 0.4) is 0 Å². The lowest BCUT2D eigenvalue weighted by Gasteiger charge is -2.09. The van der Waals surface area contributed by atoms with Gasteiger partial charge in [0, 0.05) is 6.07 Å². The van der Waals surface area contributed by atoms with Crippen molar-refractivity contribution >= 4 is 21.9 Å². The van der Waals surface area contributed by atoms with Crippen LogP contribution in [0.1, 0.15) is 0 Å². The van der Waals surface area contributed by atoms with Gasteiger partial charge in [-0.3, -0.25) is 4.79 Å². The second-order valence-corrected chi connectivity index (χ2v) is 4.45. The number of hydrogen-bond donors (Lipinski definition) is 2. The molecule has 6 nitrogen and oxygen atoms in total. The SMILES string of the molecule is COc1cc(OC)c2oc3c(O)c(O)ccc3c(=O)c2c1. The molecular formula is C15H12O6. The first-order valence-electron chi connectivity index (χ1n) is 6.10. The molecule has 0 aliphatic heterocycles. The van der Waals surface area contributed by atoms with Crippen molar-refractivity contribution in [1.29, 1.82) is 0 Å². The molecule has 0 fully saturated rings. The number of rotatable bonds is 2. The number of benzene rings is 2. The molecular weight excluding hydrogens is 276 g/mol. The van der Waals surface area contributed by atoms with Crippen LogP contribution in [-0.2, 0) is 0 Å². The summed E-state index contributed by atoms with van der Waals surface area (Å²) in [6.07, 6.45) is 0. The predicted molar refractivity (Wildman–Crippen MR) is 76.4 cm³/mol. The van der Waals surface area contributed by atoms with E-state index in [-0.39, 0.29) is 33.1 Å². The molecule has 21 heavy (non-hydrogen) atoms. The third kappa shape index (κ3) is 1.84. The van der Waals surface area contributed by atoms with Crippen LogP contribution in [0.2, 0.25) is 0 Å². The third-order valence-corrected chi connectivity index (χ3v) is 3.29. The van der Waals surface area contributed by atoms with Crippen LogP contribution in [0.4, 0.5) is 0 Å². The van der Waals surface area contributed by atoms with E-state index in [0.29, 0.717) is 11.5 Å². The lowest BCUT2D eigenvalue weighted by molar-refractivity contribution is 0.389. The van der Waals surface area contributed by atoms with Gasteiger partial charge in [-0.1, -0.05) is 0 Å². The van der Waals surface area contributed by atoms with Gasteiger partial charge in [-0.2, -0.15) is 0 Å². The van der Waals surface area contributed by atoms with Gasteiger partial charge >= 0.3 is 0 Å². The highest BCUT2D eigenvalue weighted by Gasteiger charge is 2.17. The van der Waals surface area contributed by atoms with Gasteiger partial charge in [0.15, 0.2) is 22.7 Å². The fourth-order valence-corrected chi connectivity index (χ4v) is 2.21. The zero-order valence-corrected chi connectivity index (χ0v) is 11.3. The van der Waals surface area contributed by atoms with Crippen molar-refractivity contribution in [3.8, 4) is 23.0 Å². The summed E-state index contributed by atoms with van der Waals surface area (Å²) in [4.78, 5) is 12.5. The average Bonchev–Trinajstić information content (AvgIpc) is 2.50. The van der Waals surface area contributed by atoms with Crippen LogP contribution in [-0.4, -0.2) is 24.4 Å². The quantitative estimate of drug-likeness (QED) is 0.556. The topological polar surface area (TPSA) is 89.1 Å². The maximum absolute atomic E-state index is 12.5. The Bertz CT molecular complexity index is 910. The summed E-state index contributed by atoms with van der Waals surface area (Å²) >= 11 is 0. The predicted octanol–water partition coefficient (Wildman–Crippen LogP) is 2.37. The highest BCUT2D eigenvalue weighted by molar-refractivity contribution is 5.96. The fraction of sp³-hybridized carbons (Fsp3) is 0.133. The molecule has 3 aromatic rings. The summed E-state index contributed by atoms with van der Waals surface area (Å²) in [6, 6.07) is 5.73. The van der Waals surface area contributed by atoms with Crippen LogP contribution >= 0.6 is 0 Å². The van der Waals surface area contributed by atoms with Crippen LogP contribution in [0.5, 0.6) is 23.0 Å². The van der Waals surface area contributed by atoms with Gasteiger partial charge in [0.1, 0.15) is 5.75 Å². The fourth-order valence-electron chi connectivity index (χ4n) is 2.21. The molecule has 2 N–H and O–H groups in total. The van der Waals surface area contributed by atoms with E-state index in [1.54, 1.807) is 6.07 Å². The normalized spacial score (nSPS) is 11.0. The molecule has 3 rings (SSSR count). The number of ether oxygens (including phenoxy) is 2. The molecule has 2 aromatic carbocycles. The summed E-state index contributed by atoms with van der Waals surface area (Å²) in [6.45, 7) is 0. The van der Waals surface area contributed by atoms with Crippen LogP contribution in [0.15, 0.2) is 33.5 Å². The minimum atomic E-state index is -0.482. The lowest BCUT2D eigenvalue weighted by atomic mass is 10.1. The van der Waals surface area contributed by atoms with E-state index in [1.165, 1.54) is 32.4 Å². The Labute approximate surface area is 118 Å². The minimum absolute atomic E-state index is 0.0871. The highest BCUT2D eigenvalue weighted by Crippen LogP contribution is 2.37. The van der Waals surface area contributed by atoms with Gasteiger partial charge in [0.05, 0.1) is 25.0 Å². The van der Waals surface area contributed by atoms with Gasteiger partial charge in [0.25, 0.3) is 0 Å². The number of phenolic OH excluding ortho intramolecular Hbond substituents is 2. The monoisotopic (exact) mass is 288 g/mol. The maximum Gasteiger partial charge on any atom is 0.201 e. The summed E-state index contributed by atoms with van der Waals surface area (Å²) < 4.78 is 15.9. The first-order chi connectivity index (χ1) is 10.1.